The van der Waals surface area contributed by atoms with Gasteiger partial charge in [-0.05, 0) is 56.7 Å². The molecule has 0 fully saturated rings. The lowest BCUT2D eigenvalue weighted by atomic mass is 10.1. The van der Waals surface area contributed by atoms with Crippen LogP contribution in [0.1, 0.15) is 21.0 Å². The molecule has 4 heteroatoms. The van der Waals surface area contributed by atoms with Gasteiger partial charge in [-0.3, -0.25) is 4.98 Å². The highest BCUT2D eigenvalue weighted by Gasteiger charge is 2.06. The minimum Gasteiger partial charge on any atom is -0.399 e. The van der Waals surface area contributed by atoms with Crippen LogP contribution in [0.4, 0.5) is 11.4 Å². The van der Waals surface area contributed by atoms with Crippen molar-refractivity contribution in [3.8, 4) is 0 Å². The van der Waals surface area contributed by atoms with E-state index in [2.05, 4.69) is 36.3 Å². The second-order valence-corrected chi connectivity index (χ2v) is 6.73. The normalized spacial score (nSPS) is 11.0. The summed E-state index contributed by atoms with van der Waals surface area (Å²) >= 11 is 1.84. The van der Waals surface area contributed by atoms with Crippen molar-refractivity contribution in [1.29, 1.82) is 0 Å². The predicted molar refractivity (Wildman–Crippen MR) is 92.0 cm³/mol. The van der Waals surface area contributed by atoms with E-state index < -0.39 is 0 Å². The molecule has 0 aliphatic rings. The zero-order valence-corrected chi connectivity index (χ0v) is 13.3. The summed E-state index contributed by atoms with van der Waals surface area (Å²) < 4.78 is 0. The summed E-state index contributed by atoms with van der Waals surface area (Å²) in [4.78, 5) is 7.28. The summed E-state index contributed by atoms with van der Waals surface area (Å²) in [7, 11) is 0. The molecule has 0 unspecified atom stereocenters. The summed E-state index contributed by atoms with van der Waals surface area (Å²) in [6.07, 6.45) is 0. The van der Waals surface area contributed by atoms with Crippen molar-refractivity contribution in [2.75, 3.05) is 11.1 Å². The number of nitrogens with zero attached hydrogens (tertiary/aromatic N) is 1. The van der Waals surface area contributed by atoms with Gasteiger partial charge in [0.2, 0.25) is 0 Å². The van der Waals surface area contributed by atoms with Gasteiger partial charge in [-0.2, -0.15) is 0 Å². The van der Waals surface area contributed by atoms with Crippen molar-refractivity contribution in [1.82, 2.24) is 4.98 Å². The Morgan fingerprint density at radius 2 is 1.95 bits per heavy atom. The molecule has 0 saturated carbocycles. The zero-order valence-electron chi connectivity index (χ0n) is 12.5. The number of hydrogen-bond donors (Lipinski definition) is 2. The molecule has 0 spiro atoms. The van der Waals surface area contributed by atoms with Crippen LogP contribution in [-0.2, 0) is 6.54 Å². The van der Waals surface area contributed by atoms with Crippen LogP contribution in [0.3, 0.4) is 0 Å². The van der Waals surface area contributed by atoms with Crippen LogP contribution in [0, 0.1) is 20.8 Å². The minimum atomic E-state index is 0.763. The first kappa shape index (κ1) is 13.9. The number of benzene rings is 1. The fourth-order valence-corrected chi connectivity index (χ4v) is 3.43. The number of nitrogens with two attached hydrogens (primary N) is 1. The number of aryl methyl sites for hydroxylation is 3. The summed E-state index contributed by atoms with van der Waals surface area (Å²) in [5, 5.41) is 4.60. The molecule has 0 radical (unpaired) electrons. The monoisotopic (exact) mass is 297 g/mol. The van der Waals surface area contributed by atoms with Crippen molar-refractivity contribution < 1.29 is 0 Å². The maximum absolute atomic E-state index is 5.91. The van der Waals surface area contributed by atoms with Crippen molar-refractivity contribution in [3.05, 3.63) is 51.3 Å². The van der Waals surface area contributed by atoms with Gasteiger partial charge in [0.15, 0.2) is 0 Å². The van der Waals surface area contributed by atoms with Crippen LogP contribution in [0.15, 0.2) is 30.3 Å². The summed E-state index contributed by atoms with van der Waals surface area (Å²) in [5.74, 6) is 0. The maximum Gasteiger partial charge on any atom is 0.0727 e. The number of pyridine rings is 1. The molecular weight excluding hydrogens is 278 g/mol. The van der Waals surface area contributed by atoms with Crippen LogP contribution in [0.5, 0.6) is 0 Å². The van der Waals surface area contributed by atoms with Crippen molar-refractivity contribution >= 4 is 33.6 Å². The first-order chi connectivity index (χ1) is 10.0. The lowest BCUT2D eigenvalue weighted by molar-refractivity contribution is 1.18. The fraction of sp³-hybridized carbons (Fsp3) is 0.235. The standard InChI is InChI=1S/C17H19N3S/c1-10-6-14(21-12(10)3)9-19-17-7-11(2)20-16-5-4-13(18)8-15(16)17/h4-8H,9,18H2,1-3H3,(H,19,20). The Bertz CT molecular complexity index is 786. The number of nitrogen functional groups attached to an aromatic ring is 1. The van der Waals surface area contributed by atoms with E-state index in [1.165, 1.54) is 15.3 Å². The lowest BCUT2D eigenvalue weighted by Crippen LogP contribution is -2.00. The molecule has 0 bridgehead atoms. The summed E-state index contributed by atoms with van der Waals surface area (Å²) in [5.41, 5.74) is 11.1. The van der Waals surface area contributed by atoms with Gasteiger partial charge in [0, 0.05) is 38.8 Å². The molecule has 0 saturated heterocycles. The van der Waals surface area contributed by atoms with Gasteiger partial charge in [0.05, 0.1) is 5.52 Å². The first-order valence-electron chi connectivity index (χ1n) is 6.99. The van der Waals surface area contributed by atoms with E-state index in [-0.39, 0.29) is 0 Å². The number of nitrogens with one attached hydrogen (secondary N) is 1. The predicted octanol–water partition coefficient (Wildman–Crippen LogP) is 4.42. The molecular formula is C17H19N3S. The number of aromatic nitrogens is 1. The lowest BCUT2D eigenvalue weighted by Gasteiger charge is -2.10. The molecule has 2 aromatic heterocycles. The van der Waals surface area contributed by atoms with Gasteiger partial charge < -0.3 is 11.1 Å². The van der Waals surface area contributed by atoms with E-state index in [1.54, 1.807) is 0 Å². The quantitative estimate of drug-likeness (QED) is 0.704. The van der Waals surface area contributed by atoms with Gasteiger partial charge in [0.1, 0.15) is 0 Å². The van der Waals surface area contributed by atoms with Gasteiger partial charge in [-0.25, -0.2) is 0 Å². The molecule has 3 rings (SSSR count). The third-order valence-electron chi connectivity index (χ3n) is 3.63. The minimum absolute atomic E-state index is 0.763. The number of rotatable bonds is 3. The summed E-state index contributed by atoms with van der Waals surface area (Å²) in [6.45, 7) is 7.16. The topological polar surface area (TPSA) is 50.9 Å². The van der Waals surface area contributed by atoms with Gasteiger partial charge in [0.25, 0.3) is 0 Å². The molecule has 1 aromatic carbocycles. The Morgan fingerprint density at radius 1 is 1.14 bits per heavy atom. The van der Waals surface area contributed by atoms with E-state index in [0.717, 1.165) is 34.5 Å². The molecule has 3 nitrogen and oxygen atoms in total. The Kier molecular flexibility index (Phi) is 3.55. The average Bonchev–Trinajstić information content (AvgIpc) is 2.76. The molecule has 0 atom stereocenters. The number of thiophene rings is 1. The molecule has 2 heterocycles. The largest absolute Gasteiger partial charge is 0.399 e. The first-order valence-corrected chi connectivity index (χ1v) is 7.81. The fourth-order valence-electron chi connectivity index (χ4n) is 2.44. The molecule has 21 heavy (non-hydrogen) atoms. The Morgan fingerprint density at radius 3 is 2.67 bits per heavy atom. The van der Waals surface area contributed by atoms with Gasteiger partial charge in [-0.1, -0.05) is 0 Å². The second kappa shape index (κ2) is 5.37. The number of hydrogen-bond acceptors (Lipinski definition) is 4. The van der Waals surface area contributed by atoms with Gasteiger partial charge >= 0.3 is 0 Å². The zero-order chi connectivity index (χ0) is 15.0. The molecule has 3 N–H and O–H groups in total. The molecule has 0 amide bonds. The van der Waals surface area contributed by atoms with E-state index in [4.69, 9.17) is 5.73 Å². The van der Waals surface area contributed by atoms with Crippen molar-refractivity contribution in [2.24, 2.45) is 0 Å². The van der Waals surface area contributed by atoms with E-state index in [0.29, 0.717) is 0 Å². The van der Waals surface area contributed by atoms with Gasteiger partial charge in [-0.15, -0.1) is 11.3 Å². The highest BCUT2D eigenvalue weighted by atomic mass is 32.1. The Balaban J connectivity index is 1.94. The molecule has 0 aliphatic heterocycles. The number of anilines is 2. The Labute approximate surface area is 128 Å². The van der Waals surface area contributed by atoms with E-state index in [1.807, 2.05) is 36.5 Å². The molecule has 3 aromatic rings. The van der Waals surface area contributed by atoms with Crippen LogP contribution in [0.25, 0.3) is 10.9 Å². The molecule has 108 valence electrons. The van der Waals surface area contributed by atoms with Crippen LogP contribution < -0.4 is 11.1 Å². The maximum atomic E-state index is 5.91. The average molecular weight is 297 g/mol. The van der Waals surface area contributed by atoms with E-state index in [9.17, 15) is 0 Å². The Hall–Kier alpha value is -2.07. The van der Waals surface area contributed by atoms with Crippen LogP contribution in [0.2, 0.25) is 0 Å². The SMILES string of the molecule is Cc1cc(NCc2cc(C)c(C)s2)c2cc(N)ccc2n1. The smallest absolute Gasteiger partial charge is 0.0727 e. The third kappa shape index (κ3) is 2.85. The van der Waals surface area contributed by atoms with Crippen molar-refractivity contribution in [3.63, 3.8) is 0 Å². The summed E-state index contributed by atoms with van der Waals surface area (Å²) in [6, 6.07) is 10.2. The molecule has 0 aliphatic carbocycles. The van der Waals surface area contributed by atoms with Crippen molar-refractivity contribution in [2.45, 2.75) is 27.3 Å². The number of fused-ring (bicyclic) bond motifs is 1. The van der Waals surface area contributed by atoms with Crippen LogP contribution in [-0.4, -0.2) is 4.98 Å². The van der Waals surface area contributed by atoms with Crippen LogP contribution >= 0.6 is 11.3 Å². The highest BCUT2D eigenvalue weighted by molar-refractivity contribution is 7.12. The second-order valence-electron chi connectivity index (χ2n) is 5.39. The highest BCUT2D eigenvalue weighted by Crippen LogP contribution is 2.27. The van der Waals surface area contributed by atoms with E-state index >= 15 is 0 Å². The third-order valence-corrected chi connectivity index (χ3v) is 4.78.